The summed E-state index contributed by atoms with van der Waals surface area (Å²) in [7, 11) is 1.88. The van der Waals surface area contributed by atoms with E-state index >= 15 is 0 Å². The third kappa shape index (κ3) is 3.95. The predicted octanol–water partition coefficient (Wildman–Crippen LogP) is 4.67. The van der Waals surface area contributed by atoms with E-state index in [1.54, 1.807) is 4.68 Å². The lowest BCUT2D eigenvalue weighted by Crippen LogP contribution is -2.46. The van der Waals surface area contributed by atoms with E-state index in [0.29, 0.717) is 13.2 Å². The fourth-order valence-electron chi connectivity index (χ4n) is 6.27. The number of hydrogen-bond acceptors (Lipinski definition) is 6. The first-order chi connectivity index (χ1) is 18.9. The van der Waals surface area contributed by atoms with Gasteiger partial charge in [-0.25, -0.2) is 9.07 Å². The second-order valence-corrected chi connectivity index (χ2v) is 10.8. The van der Waals surface area contributed by atoms with E-state index in [9.17, 15) is 9.50 Å². The Morgan fingerprint density at radius 1 is 1.03 bits per heavy atom. The number of rotatable bonds is 5. The molecule has 39 heavy (non-hydrogen) atoms. The van der Waals surface area contributed by atoms with Crippen molar-refractivity contribution in [1.82, 2.24) is 24.5 Å². The monoisotopic (exact) mass is 527 g/mol. The molecule has 200 valence electrons. The maximum Gasteiger partial charge on any atom is 0.136 e. The van der Waals surface area contributed by atoms with Crippen LogP contribution in [-0.2, 0) is 22.1 Å². The molecular weight excluding hydrogens is 497 g/mol. The van der Waals surface area contributed by atoms with Crippen molar-refractivity contribution in [3.8, 4) is 11.3 Å². The lowest BCUT2D eigenvalue weighted by molar-refractivity contribution is -0.184. The molecule has 2 fully saturated rings. The zero-order valence-electron chi connectivity index (χ0n) is 22.0. The minimum Gasteiger partial charge on any atom is -0.381 e. The van der Waals surface area contributed by atoms with Crippen molar-refractivity contribution in [3.05, 3.63) is 77.4 Å². The number of halogens is 1. The summed E-state index contributed by atoms with van der Waals surface area (Å²) in [6.45, 7) is 3.86. The van der Waals surface area contributed by atoms with Gasteiger partial charge < -0.3 is 19.1 Å². The minimum atomic E-state index is -1.00. The molecule has 2 saturated heterocycles. The third-order valence-electron chi connectivity index (χ3n) is 8.33. The summed E-state index contributed by atoms with van der Waals surface area (Å²) in [4.78, 5) is 4.97. The first-order valence-electron chi connectivity index (χ1n) is 13.4. The SMILES string of the molecule is Cc1nnn(C)c1-c1cnc2c3ccc(C4(O)COC4)cc3n(C(c3ccc(F)cc3)C3CCOCC3)c2c1. The second-order valence-electron chi connectivity index (χ2n) is 10.8. The summed E-state index contributed by atoms with van der Waals surface area (Å²) >= 11 is 0. The molecule has 5 heterocycles. The Kier molecular flexibility index (Phi) is 5.77. The van der Waals surface area contributed by atoms with Crippen molar-refractivity contribution in [2.24, 2.45) is 13.0 Å². The van der Waals surface area contributed by atoms with Crippen molar-refractivity contribution in [3.63, 3.8) is 0 Å². The molecule has 0 spiro atoms. The summed E-state index contributed by atoms with van der Waals surface area (Å²) < 4.78 is 29.3. The van der Waals surface area contributed by atoms with Crippen LogP contribution >= 0.6 is 0 Å². The summed E-state index contributed by atoms with van der Waals surface area (Å²) in [5, 5.41) is 20.6. The maximum absolute atomic E-state index is 14.1. The van der Waals surface area contributed by atoms with Gasteiger partial charge in [0.25, 0.3) is 0 Å². The molecule has 0 bridgehead atoms. The Balaban J connectivity index is 1.53. The molecule has 5 aromatic rings. The van der Waals surface area contributed by atoms with Crippen LogP contribution in [0, 0.1) is 18.7 Å². The van der Waals surface area contributed by atoms with Crippen LogP contribution in [0.4, 0.5) is 4.39 Å². The molecular formula is C30H30FN5O3. The van der Waals surface area contributed by atoms with Gasteiger partial charge in [0.15, 0.2) is 0 Å². The van der Waals surface area contributed by atoms with Crippen LogP contribution < -0.4 is 0 Å². The normalized spacial score (nSPS) is 18.5. The van der Waals surface area contributed by atoms with Gasteiger partial charge in [0.1, 0.15) is 11.4 Å². The Morgan fingerprint density at radius 2 is 1.79 bits per heavy atom. The van der Waals surface area contributed by atoms with Crippen molar-refractivity contribution in [1.29, 1.82) is 0 Å². The zero-order valence-corrected chi connectivity index (χ0v) is 22.0. The van der Waals surface area contributed by atoms with Crippen LogP contribution in [-0.4, -0.2) is 56.1 Å². The van der Waals surface area contributed by atoms with Gasteiger partial charge in [-0.1, -0.05) is 29.5 Å². The highest BCUT2D eigenvalue weighted by Crippen LogP contribution is 2.42. The van der Waals surface area contributed by atoms with Crippen LogP contribution in [0.25, 0.3) is 33.2 Å². The summed E-state index contributed by atoms with van der Waals surface area (Å²) in [6.07, 6.45) is 3.65. The highest BCUT2D eigenvalue weighted by atomic mass is 19.1. The zero-order chi connectivity index (χ0) is 26.7. The van der Waals surface area contributed by atoms with Gasteiger partial charge in [-0.05, 0) is 61.1 Å². The van der Waals surface area contributed by atoms with Crippen LogP contribution in [0.5, 0.6) is 0 Å². The molecule has 9 heteroatoms. The van der Waals surface area contributed by atoms with E-state index in [1.165, 1.54) is 12.1 Å². The quantitative estimate of drug-likeness (QED) is 0.358. The van der Waals surface area contributed by atoms with E-state index in [4.69, 9.17) is 14.5 Å². The van der Waals surface area contributed by atoms with E-state index in [2.05, 4.69) is 33.1 Å². The number of aromatic nitrogens is 5. The molecule has 1 N–H and O–H groups in total. The molecule has 0 saturated carbocycles. The van der Waals surface area contributed by atoms with E-state index in [-0.39, 0.29) is 31.0 Å². The molecule has 0 amide bonds. The standard InChI is InChI=1S/C30H30FN5O3/c1-18-28(35(2)34-33-18)21-13-26-27(32-15-21)24-8-5-22(30(37)16-39-17-30)14-25(24)36(26)29(20-9-11-38-12-10-20)19-3-6-23(31)7-4-19/h3-8,13-15,20,29,37H,9-12,16-17H2,1-2H3. The topological polar surface area (TPSA) is 87.2 Å². The van der Waals surface area contributed by atoms with Crippen molar-refractivity contribution in [2.75, 3.05) is 26.4 Å². The van der Waals surface area contributed by atoms with E-state index in [0.717, 1.165) is 62.9 Å². The number of aryl methyl sites for hydroxylation is 2. The molecule has 7 rings (SSSR count). The van der Waals surface area contributed by atoms with Crippen molar-refractivity contribution < 1.29 is 19.0 Å². The van der Waals surface area contributed by atoms with Gasteiger partial charge in [0, 0.05) is 37.4 Å². The second kappa shape index (κ2) is 9.22. The number of aliphatic hydroxyl groups is 1. The summed E-state index contributed by atoms with van der Waals surface area (Å²) in [5.74, 6) is 0.00915. The number of fused-ring (bicyclic) bond motifs is 3. The number of benzene rings is 2. The van der Waals surface area contributed by atoms with Gasteiger partial charge in [-0.15, -0.1) is 5.10 Å². The molecule has 2 aromatic carbocycles. The molecule has 2 aliphatic heterocycles. The predicted molar refractivity (Wildman–Crippen MR) is 145 cm³/mol. The molecule has 0 aliphatic carbocycles. The number of pyridine rings is 1. The van der Waals surface area contributed by atoms with Crippen LogP contribution in [0.3, 0.4) is 0 Å². The Labute approximate surface area is 225 Å². The molecule has 0 radical (unpaired) electrons. The van der Waals surface area contributed by atoms with Gasteiger partial charge >= 0.3 is 0 Å². The van der Waals surface area contributed by atoms with Crippen LogP contribution in [0.15, 0.2) is 54.7 Å². The highest BCUT2D eigenvalue weighted by Gasteiger charge is 2.39. The van der Waals surface area contributed by atoms with Gasteiger partial charge in [0.2, 0.25) is 0 Å². The Morgan fingerprint density at radius 3 is 2.46 bits per heavy atom. The maximum atomic E-state index is 14.1. The smallest absolute Gasteiger partial charge is 0.136 e. The van der Waals surface area contributed by atoms with Crippen molar-refractivity contribution in [2.45, 2.75) is 31.4 Å². The number of ether oxygens (including phenoxy) is 2. The van der Waals surface area contributed by atoms with Gasteiger partial charge in [-0.3, -0.25) is 4.98 Å². The molecule has 1 unspecified atom stereocenters. The number of hydrogen-bond donors (Lipinski definition) is 1. The molecule has 1 atom stereocenters. The van der Waals surface area contributed by atoms with Crippen LogP contribution in [0.1, 0.15) is 35.7 Å². The molecule has 2 aliphatic rings. The largest absolute Gasteiger partial charge is 0.381 e. The van der Waals surface area contributed by atoms with Crippen molar-refractivity contribution >= 4 is 21.9 Å². The van der Waals surface area contributed by atoms with E-state index < -0.39 is 5.60 Å². The fraction of sp³-hybridized carbons (Fsp3) is 0.367. The Hall–Kier alpha value is -3.66. The molecule has 8 nitrogen and oxygen atoms in total. The number of nitrogens with zero attached hydrogens (tertiary/aromatic N) is 5. The van der Waals surface area contributed by atoms with Crippen LogP contribution in [0.2, 0.25) is 0 Å². The fourth-order valence-corrected chi connectivity index (χ4v) is 6.27. The first-order valence-corrected chi connectivity index (χ1v) is 13.4. The minimum absolute atomic E-state index is 0.0835. The first kappa shape index (κ1) is 24.4. The summed E-state index contributed by atoms with van der Waals surface area (Å²) in [5.41, 5.74) is 6.34. The van der Waals surface area contributed by atoms with Gasteiger partial charge in [0.05, 0.1) is 47.2 Å². The van der Waals surface area contributed by atoms with Gasteiger partial charge in [-0.2, -0.15) is 0 Å². The van der Waals surface area contributed by atoms with E-state index in [1.807, 2.05) is 38.4 Å². The average Bonchev–Trinajstić information content (AvgIpc) is 3.44. The average molecular weight is 528 g/mol. The highest BCUT2D eigenvalue weighted by molar-refractivity contribution is 6.07. The lowest BCUT2D eigenvalue weighted by atomic mass is 9.86. The lowest BCUT2D eigenvalue weighted by Gasteiger charge is -2.37. The third-order valence-corrected chi connectivity index (χ3v) is 8.33. The summed E-state index contributed by atoms with van der Waals surface area (Å²) in [6, 6.07) is 15.0. The Bertz CT molecular complexity index is 1660. The molecule has 3 aromatic heterocycles.